The number of nitrogens with zero attached hydrogens (tertiary/aromatic N) is 1. The summed E-state index contributed by atoms with van der Waals surface area (Å²) in [5.41, 5.74) is 1.78. The van der Waals surface area contributed by atoms with Gasteiger partial charge in [-0.15, -0.1) is 0 Å². The summed E-state index contributed by atoms with van der Waals surface area (Å²) in [7, 11) is 1.59. The van der Waals surface area contributed by atoms with Crippen molar-refractivity contribution in [3.8, 4) is 5.75 Å². The number of benzene rings is 1. The highest BCUT2D eigenvalue weighted by molar-refractivity contribution is 8.23. The van der Waals surface area contributed by atoms with E-state index in [1.165, 1.54) is 24.6 Å². The number of thiocarbonyl (C=S) groups is 1. The molecular weight excluding hydrogens is 304 g/mol. The van der Waals surface area contributed by atoms with E-state index in [1.54, 1.807) is 7.11 Å². The van der Waals surface area contributed by atoms with Gasteiger partial charge in [0.2, 0.25) is 5.91 Å². The minimum absolute atomic E-state index is 0.0644. The van der Waals surface area contributed by atoms with Crippen molar-refractivity contribution in [2.75, 3.05) is 31.3 Å². The van der Waals surface area contributed by atoms with Crippen LogP contribution >= 0.6 is 24.0 Å². The van der Waals surface area contributed by atoms with E-state index in [4.69, 9.17) is 17.0 Å². The van der Waals surface area contributed by atoms with Gasteiger partial charge in [-0.3, -0.25) is 4.79 Å². The number of likely N-dealkylation sites (tertiary alicyclic amines) is 1. The zero-order valence-electron chi connectivity index (χ0n) is 12.3. The number of rotatable bonds is 4. The molecule has 1 aliphatic rings. The number of thioether (sulfide) groups is 1. The van der Waals surface area contributed by atoms with Crippen LogP contribution in [0.1, 0.15) is 18.4 Å². The summed E-state index contributed by atoms with van der Waals surface area (Å²) in [6, 6.07) is 5.71. The Kier molecular flexibility index (Phi) is 5.87. The maximum Gasteiger partial charge on any atom is 0.234 e. The highest BCUT2D eigenvalue weighted by Gasteiger charge is 2.16. The fourth-order valence-electron chi connectivity index (χ4n) is 2.22. The van der Waals surface area contributed by atoms with Crippen molar-refractivity contribution < 1.29 is 9.53 Å². The third-order valence-corrected chi connectivity index (χ3v) is 4.84. The van der Waals surface area contributed by atoms with Crippen LogP contribution in [0.5, 0.6) is 5.75 Å². The first kappa shape index (κ1) is 16.1. The summed E-state index contributed by atoms with van der Waals surface area (Å²) >= 11 is 6.77. The normalized spacial score (nSPS) is 14.1. The number of carbonyl (C=O) groups excluding carboxylic acids is 1. The molecule has 1 fully saturated rings. The second kappa shape index (κ2) is 7.66. The first-order valence-corrected chi connectivity index (χ1v) is 8.35. The Morgan fingerprint density at radius 2 is 2.14 bits per heavy atom. The Bertz CT molecular complexity index is 528. The second-order valence-corrected chi connectivity index (χ2v) is 6.61. The van der Waals surface area contributed by atoms with Crippen molar-refractivity contribution in [1.29, 1.82) is 0 Å². The van der Waals surface area contributed by atoms with Gasteiger partial charge in [0.05, 0.1) is 18.6 Å². The van der Waals surface area contributed by atoms with Gasteiger partial charge in [-0.05, 0) is 37.5 Å². The van der Waals surface area contributed by atoms with E-state index in [0.29, 0.717) is 17.2 Å². The van der Waals surface area contributed by atoms with Crippen LogP contribution < -0.4 is 10.1 Å². The zero-order valence-corrected chi connectivity index (χ0v) is 14.0. The van der Waals surface area contributed by atoms with Crippen molar-refractivity contribution in [1.82, 2.24) is 4.90 Å². The Hall–Kier alpha value is -1.27. The molecule has 114 valence electrons. The monoisotopic (exact) mass is 324 g/mol. The SMILES string of the molecule is COc1ccc(C)cc1NC(=O)CSC(=S)N1CCCC1. The summed E-state index contributed by atoms with van der Waals surface area (Å²) in [6.45, 7) is 4.00. The Morgan fingerprint density at radius 3 is 2.81 bits per heavy atom. The van der Waals surface area contributed by atoms with E-state index in [0.717, 1.165) is 23.0 Å². The van der Waals surface area contributed by atoms with E-state index in [-0.39, 0.29) is 5.91 Å². The van der Waals surface area contributed by atoms with Gasteiger partial charge in [-0.2, -0.15) is 0 Å². The van der Waals surface area contributed by atoms with Gasteiger partial charge in [0.1, 0.15) is 10.1 Å². The highest BCUT2D eigenvalue weighted by atomic mass is 32.2. The third kappa shape index (κ3) is 4.61. The smallest absolute Gasteiger partial charge is 0.234 e. The molecule has 0 bridgehead atoms. The van der Waals surface area contributed by atoms with Gasteiger partial charge in [-0.25, -0.2) is 0 Å². The standard InChI is InChI=1S/C15H20N2O2S2/c1-11-5-6-13(19-2)12(9-11)16-14(18)10-21-15(20)17-7-3-4-8-17/h5-6,9H,3-4,7-8,10H2,1-2H3,(H,16,18). The average Bonchev–Trinajstić information content (AvgIpc) is 2.99. The van der Waals surface area contributed by atoms with E-state index >= 15 is 0 Å². The molecule has 0 atom stereocenters. The number of aryl methyl sites for hydroxylation is 1. The molecule has 2 rings (SSSR count). The first-order chi connectivity index (χ1) is 10.1. The molecule has 1 heterocycles. The molecule has 0 unspecified atom stereocenters. The van der Waals surface area contributed by atoms with Crippen molar-refractivity contribution in [3.05, 3.63) is 23.8 Å². The fourth-order valence-corrected chi connectivity index (χ4v) is 3.28. The molecule has 1 amide bonds. The van der Waals surface area contributed by atoms with Gasteiger partial charge in [0.25, 0.3) is 0 Å². The van der Waals surface area contributed by atoms with Crippen LogP contribution in [0.2, 0.25) is 0 Å². The number of ether oxygens (including phenoxy) is 1. The molecule has 0 aliphatic carbocycles. The summed E-state index contributed by atoms with van der Waals surface area (Å²) in [5.74, 6) is 0.929. The molecule has 1 aromatic rings. The largest absolute Gasteiger partial charge is 0.495 e. The van der Waals surface area contributed by atoms with Crippen LogP contribution in [-0.2, 0) is 4.79 Å². The fraction of sp³-hybridized carbons (Fsp3) is 0.467. The molecule has 6 heteroatoms. The molecule has 4 nitrogen and oxygen atoms in total. The lowest BCUT2D eigenvalue weighted by molar-refractivity contribution is -0.113. The molecule has 0 aromatic heterocycles. The Labute approximate surface area is 135 Å². The highest BCUT2D eigenvalue weighted by Crippen LogP contribution is 2.25. The average molecular weight is 324 g/mol. The van der Waals surface area contributed by atoms with E-state index < -0.39 is 0 Å². The maximum atomic E-state index is 12.0. The lowest BCUT2D eigenvalue weighted by Gasteiger charge is -2.17. The number of amides is 1. The zero-order chi connectivity index (χ0) is 15.2. The van der Waals surface area contributed by atoms with E-state index in [9.17, 15) is 4.79 Å². The van der Waals surface area contributed by atoms with Crippen LogP contribution in [0, 0.1) is 6.92 Å². The molecule has 0 saturated carbocycles. The second-order valence-electron chi connectivity index (χ2n) is 5.00. The van der Waals surface area contributed by atoms with Crippen molar-refractivity contribution >= 4 is 39.9 Å². The Morgan fingerprint density at radius 1 is 1.43 bits per heavy atom. The number of hydrogen-bond acceptors (Lipinski definition) is 4. The summed E-state index contributed by atoms with van der Waals surface area (Å²) in [5, 5.41) is 2.89. The quantitative estimate of drug-likeness (QED) is 0.862. The number of anilines is 1. The Balaban J connectivity index is 1.86. The predicted molar refractivity (Wildman–Crippen MR) is 92.2 cm³/mol. The minimum atomic E-state index is -0.0644. The van der Waals surface area contributed by atoms with Gasteiger partial charge in [0, 0.05) is 13.1 Å². The first-order valence-electron chi connectivity index (χ1n) is 6.96. The maximum absolute atomic E-state index is 12.0. The third-order valence-electron chi connectivity index (χ3n) is 3.32. The molecule has 0 radical (unpaired) electrons. The predicted octanol–water partition coefficient (Wildman–Crippen LogP) is 3.06. The van der Waals surface area contributed by atoms with Crippen LogP contribution in [0.4, 0.5) is 5.69 Å². The van der Waals surface area contributed by atoms with Crippen LogP contribution in [0.15, 0.2) is 18.2 Å². The number of methoxy groups -OCH3 is 1. The number of nitrogens with one attached hydrogen (secondary N) is 1. The molecule has 0 spiro atoms. The summed E-state index contributed by atoms with van der Waals surface area (Å²) in [6.07, 6.45) is 2.38. The van der Waals surface area contributed by atoms with Crippen molar-refractivity contribution in [2.45, 2.75) is 19.8 Å². The van der Waals surface area contributed by atoms with E-state index in [1.807, 2.05) is 25.1 Å². The minimum Gasteiger partial charge on any atom is -0.495 e. The van der Waals surface area contributed by atoms with Crippen molar-refractivity contribution in [2.24, 2.45) is 0 Å². The number of hydrogen-bond donors (Lipinski definition) is 1. The molecule has 1 aliphatic heterocycles. The van der Waals surface area contributed by atoms with Crippen LogP contribution in [-0.4, -0.2) is 41.1 Å². The van der Waals surface area contributed by atoms with Crippen LogP contribution in [0.25, 0.3) is 0 Å². The summed E-state index contributed by atoms with van der Waals surface area (Å²) in [4.78, 5) is 14.2. The molecule has 1 N–H and O–H groups in total. The molecular formula is C15H20N2O2S2. The molecule has 21 heavy (non-hydrogen) atoms. The van der Waals surface area contributed by atoms with E-state index in [2.05, 4.69) is 10.2 Å². The van der Waals surface area contributed by atoms with Gasteiger partial charge in [-0.1, -0.05) is 30.0 Å². The van der Waals surface area contributed by atoms with Crippen molar-refractivity contribution in [3.63, 3.8) is 0 Å². The lowest BCUT2D eigenvalue weighted by atomic mass is 10.2. The molecule has 1 saturated heterocycles. The number of carbonyl (C=O) groups is 1. The lowest BCUT2D eigenvalue weighted by Crippen LogP contribution is -2.25. The van der Waals surface area contributed by atoms with Gasteiger partial charge >= 0.3 is 0 Å². The summed E-state index contributed by atoms with van der Waals surface area (Å²) < 4.78 is 6.07. The molecule has 1 aromatic carbocycles. The van der Waals surface area contributed by atoms with Gasteiger partial charge in [0.15, 0.2) is 0 Å². The van der Waals surface area contributed by atoms with Gasteiger partial charge < -0.3 is 15.0 Å². The van der Waals surface area contributed by atoms with Crippen LogP contribution in [0.3, 0.4) is 0 Å². The topological polar surface area (TPSA) is 41.6 Å².